The van der Waals surface area contributed by atoms with Crippen molar-refractivity contribution in [3.05, 3.63) is 71.2 Å². The van der Waals surface area contributed by atoms with Gasteiger partial charge in [-0.2, -0.15) is 0 Å². The molecular weight excluding hydrogens is 420 g/mol. The highest BCUT2D eigenvalue weighted by Gasteiger charge is 2.22. The molecule has 6 nitrogen and oxygen atoms in total. The summed E-state index contributed by atoms with van der Waals surface area (Å²) in [6.07, 6.45) is 2.00. The van der Waals surface area contributed by atoms with Gasteiger partial charge in [0.25, 0.3) is 0 Å². The second-order valence-electron chi connectivity index (χ2n) is 8.01. The van der Waals surface area contributed by atoms with Crippen molar-refractivity contribution in [3.63, 3.8) is 0 Å². The first-order valence-electron chi connectivity index (χ1n) is 10.8. The quantitative estimate of drug-likeness (QED) is 0.447. The number of nitrogens with zero attached hydrogens (tertiary/aromatic N) is 4. The molecule has 2 aromatic heterocycles. The number of piperazine rings is 1. The topological polar surface area (TPSA) is 50.6 Å². The zero-order chi connectivity index (χ0) is 21.9. The molecule has 1 fully saturated rings. The van der Waals surface area contributed by atoms with Crippen molar-refractivity contribution in [1.29, 1.82) is 0 Å². The van der Waals surface area contributed by atoms with Crippen molar-refractivity contribution in [3.8, 4) is 17.0 Å². The lowest BCUT2D eigenvalue weighted by Gasteiger charge is -2.34. The van der Waals surface area contributed by atoms with Crippen LogP contribution in [-0.4, -0.2) is 58.5 Å². The fraction of sp³-hybridized carbons (Fsp3) is 0.280. The molecule has 0 spiro atoms. The van der Waals surface area contributed by atoms with Gasteiger partial charge >= 0.3 is 0 Å². The molecular formula is C25H26N4O2S. The Balaban J connectivity index is 1.15. The van der Waals surface area contributed by atoms with E-state index >= 15 is 0 Å². The minimum absolute atomic E-state index is 0.182. The summed E-state index contributed by atoms with van der Waals surface area (Å²) in [7, 11) is 1.67. The van der Waals surface area contributed by atoms with E-state index in [0.29, 0.717) is 6.54 Å². The zero-order valence-corrected chi connectivity index (χ0v) is 18.9. The van der Waals surface area contributed by atoms with E-state index in [1.165, 1.54) is 5.39 Å². The number of hydrogen-bond acceptors (Lipinski definition) is 5. The van der Waals surface area contributed by atoms with Gasteiger partial charge in [0.15, 0.2) is 0 Å². The highest BCUT2D eigenvalue weighted by atomic mass is 32.1. The predicted molar refractivity (Wildman–Crippen MR) is 128 cm³/mol. The van der Waals surface area contributed by atoms with Gasteiger partial charge < -0.3 is 14.2 Å². The lowest BCUT2D eigenvalue weighted by Crippen LogP contribution is -2.49. The largest absolute Gasteiger partial charge is 0.497 e. The normalized spacial score (nSPS) is 14.7. The average Bonchev–Trinajstić information content (AvgIpc) is 3.47. The van der Waals surface area contributed by atoms with E-state index in [2.05, 4.69) is 28.5 Å². The molecule has 1 aliphatic heterocycles. The van der Waals surface area contributed by atoms with E-state index in [0.717, 1.165) is 60.3 Å². The van der Waals surface area contributed by atoms with Crippen LogP contribution in [0.5, 0.6) is 5.75 Å². The van der Waals surface area contributed by atoms with Crippen LogP contribution in [0, 0.1) is 0 Å². The van der Waals surface area contributed by atoms with Gasteiger partial charge in [-0.3, -0.25) is 9.69 Å². The first kappa shape index (κ1) is 20.7. The van der Waals surface area contributed by atoms with Crippen LogP contribution in [0.4, 0.5) is 0 Å². The highest BCUT2D eigenvalue weighted by Crippen LogP contribution is 2.25. The fourth-order valence-corrected chi connectivity index (χ4v) is 4.99. The molecule has 5 rings (SSSR count). The molecule has 0 atom stereocenters. The third kappa shape index (κ3) is 4.40. The molecule has 2 aromatic carbocycles. The number of amides is 1. The van der Waals surface area contributed by atoms with Crippen LogP contribution in [0.15, 0.2) is 66.2 Å². The van der Waals surface area contributed by atoms with E-state index in [1.807, 2.05) is 52.1 Å². The van der Waals surface area contributed by atoms with Crippen LogP contribution >= 0.6 is 11.3 Å². The van der Waals surface area contributed by atoms with E-state index in [-0.39, 0.29) is 5.91 Å². The smallest absolute Gasteiger partial charge is 0.242 e. The van der Waals surface area contributed by atoms with Gasteiger partial charge in [-0.25, -0.2) is 4.98 Å². The highest BCUT2D eigenvalue weighted by molar-refractivity contribution is 7.09. The Morgan fingerprint density at radius 3 is 2.59 bits per heavy atom. The lowest BCUT2D eigenvalue weighted by molar-refractivity contribution is -0.133. The molecule has 32 heavy (non-hydrogen) atoms. The second kappa shape index (κ2) is 9.14. The summed E-state index contributed by atoms with van der Waals surface area (Å²) in [5, 5.41) is 4.38. The minimum Gasteiger partial charge on any atom is -0.497 e. The van der Waals surface area contributed by atoms with Gasteiger partial charge in [0.1, 0.15) is 17.3 Å². The van der Waals surface area contributed by atoms with Crippen molar-refractivity contribution in [2.24, 2.45) is 0 Å². The van der Waals surface area contributed by atoms with Crippen LogP contribution in [0.1, 0.15) is 5.01 Å². The number of hydrogen-bond donors (Lipinski definition) is 0. The fourth-order valence-electron chi connectivity index (χ4n) is 4.15. The number of methoxy groups -OCH3 is 1. The molecule has 0 aliphatic carbocycles. The van der Waals surface area contributed by atoms with Crippen molar-refractivity contribution in [2.75, 3.05) is 33.3 Å². The average molecular weight is 447 g/mol. The first-order valence-corrected chi connectivity index (χ1v) is 11.7. The Bertz CT molecular complexity index is 1210. The van der Waals surface area contributed by atoms with Gasteiger partial charge in [-0.05, 0) is 41.8 Å². The summed E-state index contributed by atoms with van der Waals surface area (Å²) >= 11 is 1.69. The third-order valence-corrected chi connectivity index (χ3v) is 6.84. The molecule has 3 heterocycles. The maximum absolute atomic E-state index is 12.8. The zero-order valence-electron chi connectivity index (χ0n) is 18.1. The van der Waals surface area contributed by atoms with Crippen LogP contribution < -0.4 is 4.74 Å². The number of aromatic nitrogens is 2. The van der Waals surface area contributed by atoms with Crippen LogP contribution in [0.25, 0.3) is 22.2 Å². The summed E-state index contributed by atoms with van der Waals surface area (Å²) in [6.45, 7) is 4.48. The third-order valence-electron chi connectivity index (χ3n) is 6.01. The number of thiazole rings is 1. The molecule has 164 valence electrons. The van der Waals surface area contributed by atoms with Crippen LogP contribution in [-0.2, 0) is 17.9 Å². The van der Waals surface area contributed by atoms with E-state index in [9.17, 15) is 4.79 Å². The first-order chi connectivity index (χ1) is 15.7. The summed E-state index contributed by atoms with van der Waals surface area (Å²) in [6, 6.07) is 18.2. The monoisotopic (exact) mass is 446 g/mol. The molecule has 0 radical (unpaired) electrons. The number of fused-ring (bicyclic) bond motifs is 1. The summed E-state index contributed by atoms with van der Waals surface area (Å²) in [5.41, 5.74) is 3.21. The van der Waals surface area contributed by atoms with Crippen molar-refractivity contribution in [2.45, 2.75) is 13.1 Å². The maximum atomic E-state index is 12.8. The number of benzene rings is 2. The van der Waals surface area contributed by atoms with E-state index < -0.39 is 0 Å². The standard InChI is InChI=1S/C25H26N4O2S/c1-31-21-8-6-19(7-9-21)22-18-32-24(26-22)16-27-12-14-28(15-13-27)25(30)17-29-11-10-20-4-2-3-5-23(20)29/h2-11,18H,12-17H2,1H3. The molecule has 1 aliphatic rings. The Morgan fingerprint density at radius 1 is 1.03 bits per heavy atom. The number of ether oxygens (including phenoxy) is 1. The van der Waals surface area contributed by atoms with Gasteiger partial charge in [0.2, 0.25) is 5.91 Å². The Kier molecular flexibility index (Phi) is 5.92. The van der Waals surface area contributed by atoms with Gasteiger partial charge in [-0.1, -0.05) is 18.2 Å². The summed E-state index contributed by atoms with van der Waals surface area (Å²) in [4.78, 5) is 22.0. The molecule has 4 aromatic rings. The number of carbonyl (C=O) groups is 1. The van der Waals surface area contributed by atoms with Gasteiger partial charge in [0, 0.05) is 48.8 Å². The number of rotatable bonds is 6. The lowest BCUT2D eigenvalue weighted by atomic mass is 10.2. The van der Waals surface area contributed by atoms with E-state index in [4.69, 9.17) is 9.72 Å². The second-order valence-corrected chi connectivity index (χ2v) is 8.96. The van der Waals surface area contributed by atoms with Gasteiger partial charge in [0.05, 0.1) is 19.3 Å². The van der Waals surface area contributed by atoms with Crippen LogP contribution in [0.3, 0.4) is 0 Å². The number of carbonyl (C=O) groups excluding carboxylic acids is 1. The van der Waals surface area contributed by atoms with E-state index in [1.54, 1.807) is 18.4 Å². The molecule has 0 unspecified atom stereocenters. The van der Waals surface area contributed by atoms with Crippen molar-refractivity contribution >= 4 is 28.1 Å². The minimum atomic E-state index is 0.182. The molecule has 7 heteroatoms. The summed E-state index contributed by atoms with van der Waals surface area (Å²) in [5.74, 6) is 1.03. The van der Waals surface area contributed by atoms with Gasteiger partial charge in [-0.15, -0.1) is 11.3 Å². The molecule has 0 N–H and O–H groups in total. The Hall–Kier alpha value is -3.16. The van der Waals surface area contributed by atoms with Crippen molar-refractivity contribution in [1.82, 2.24) is 19.4 Å². The molecule has 1 saturated heterocycles. The predicted octanol–water partition coefficient (Wildman–Crippen LogP) is 4.12. The SMILES string of the molecule is COc1ccc(-c2csc(CN3CCN(C(=O)Cn4ccc5ccccc54)CC3)n2)cc1. The molecule has 0 saturated carbocycles. The maximum Gasteiger partial charge on any atom is 0.242 e. The molecule has 0 bridgehead atoms. The molecule has 1 amide bonds. The Morgan fingerprint density at radius 2 is 1.81 bits per heavy atom. The Labute approximate surface area is 191 Å². The number of para-hydroxylation sites is 1. The van der Waals surface area contributed by atoms with Crippen LogP contribution in [0.2, 0.25) is 0 Å². The van der Waals surface area contributed by atoms with Crippen molar-refractivity contribution < 1.29 is 9.53 Å². The summed E-state index contributed by atoms with van der Waals surface area (Å²) < 4.78 is 7.27.